The zero-order valence-corrected chi connectivity index (χ0v) is 8.44. The van der Waals surface area contributed by atoms with Crippen LogP contribution in [0.2, 0.25) is 0 Å². The van der Waals surface area contributed by atoms with Crippen LogP contribution in [0.3, 0.4) is 0 Å². The summed E-state index contributed by atoms with van der Waals surface area (Å²) < 4.78 is 0. The molecule has 0 saturated carbocycles. The Kier molecular flexibility index (Phi) is 2.25. The predicted octanol–water partition coefficient (Wildman–Crippen LogP) is 1.45. The second kappa shape index (κ2) is 3.57. The standard InChI is InChI=1S/C11H12N4/c1-7-6-14-10(15-11(12)13)9-5-3-2-4-8(7)9/h2-6H,1H3,(H4,12,13,14,15). The molecule has 0 bridgehead atoms. The number of nitrogens with two attached hydrogens (primary N) is 2. The van der Waals surface area contributed by atoms with Gasteiger partial charge in [0.2, 0.25) is 0 Å². The minimum absolute atomic E-state index is 0.0245. The molecule has 1 heterocycles. The van der Waals surface area contributed by atoms with Gasteiger partial charge in [-0.3, -0.25) is 0 Å². The van der Waals surface area contributed by atoms with E-state index in [-0.39, 0.29) is 5.96 Å². The largest absolute Gasteiger partial charge is 0.370 e. The maximum absolute atomic E-state index is 5.34. The number of aryl methyl sites for hydroxylation is 1. The number of aromatic nitrogens is 1. The molecular formula is C11H12N4. The van der Waals surface area contributed by atoms with Crippen LogP contribution < -0.4 is 11.5 Å². The van der Waals surface area contributed by atoms with Gasteiger partial charge in [0.1, 0.15) is 0 Å². The van der Waals surface area contributed by atoms with E-state index in [0.29, 0.717) is 5.82 Å². The Hall–Kier alpha value is -2.10. The van der Waals surface area contributed by atoms with E-state index in [1.165, 1.54) is 0 Å². The molecule has 15 heavy (non-hydrogen) atoms. The molecule has 4 nitrogen and oxygen atoms in total. The zero-order chi connectivity index (χ0) is 10.8. The Morgan fingerprint density at radius 2 is 1.87 bits per heavy atom. The molecular weight excluding hydrogens is 188 g/mol. The van der Waals surface area contributed by atoms with Gasteiger partial charge in [-0.05, 0) is 17.9 Å². The molecule has 0 fully saturated rings. The molecule has 0 spiro atoms. The highest BCUT2D eigenvalue weighted by atomic mass is 15.0. The first-order chi connectivity index (χ1) is 7.18. The van der Waals surface area contributed by atoms with E-state index in [2.05, 4.69) is 9.98 Å². The maximum Gasteiger partial charge on any atom is 0.192 e. The van der Waals surface area contributed by atoms with Gasteiger partial charge in [0.05, 0.1) is 0 Å². The molecule has 76 valence electrons. The Morgan fingerprint density at radius 3 is 2.53 bits per heavy atom. The van der Waals surface area contributed by atoms with E-state index in [4.69, 9.17) is 11.5 Å². The molecule has 2 aromatic rings. The van der Waals surface area contributed by atoms with Crippen molar-refractivity contribution >= 4 is 22.5 Å². The van der Waals surface area contributed by atoms with Gasteiger partial charge in [-0.1, -0.05) is 24.3 Å². The quantitative estimate of drug-likeness (QED) is 0.540. The number of benzene rings is 1. The van der Waals surface area contributed by atoms with Crippen molar-refractivity contribution in [3.05, 3.63) is 36.0 Å². The summed E-state index contributed by atoms with van der Waals surface area (Å²) in [5.41, 5.74) is 11.8. The summed E-state index contributed by atoms with van der Waals surface area (Å²) in [5.74, 6) is 0.590. The highest BCUT2D eigenvalue weighted by Crippen LogP contribution is 2.25. The van der Waals surface area contributed by atoms with Crippen LogP contribution in [0, 0.1) is 6.92 Å². The van der Waals surface area contributed by atoms with E-state index in [1.54, 1.807) is 6.20 Å². The number of pyridine rings is 1. The molecule has 1 aromatic carbocycles. The number of aliphatic imine (C=N–C) groups is 1. The van der Waals surface area contributed by atoms with Crippen LogP contribution in [0.15, 0.2) is 35.5 Å². The van der Waals surface area contributed by atoms with Gasteiger partial charge in [0.25, 0.3) is 0 Å². The molecule has 0 saturated heterocycles. The number of hydrogen-bond donors (Lipinski definition) is 2. The SMILES string of the molecule is Cc1cnc(N=C(N)N)c2ccccc12. The normalized spacial score (nSPS) is 10.2. The lowest BCUT2D eigenvalue weighted by Crippen LogP contribution is -2.22. The van der Waals surface area contributed by atoms with Gasteiger partial charge in [-0.15, -0.1) is 0 Å². The van der Waals surface area contributed by atoms with Crippen molar-refractivity contribution in [3.8, 4) is 0 Å². The first-order valence-corrected chi connectivity index (χ1v) is 4.62. The molecule has 0 aliphatic rings. The van der Waals surface area contributed by atoms with Crippen LogP contribution in [0.25, 0.3) is 10.8 Å². The Morgan fingerprint density at radius 1 is 1.20 bits per heavy atom. The van der Waals surface area contributed by atoms with Gasteiger partial charge in [-0.25, -0.2) is 4.98 Å². The Balaban J connectivity index is 2.77. The third kappa shape index (κ3) is 1.74. The van der Waals surface area contributed by atoms with Crippen molar-refractivity contribution in [1.82, 2.24) is 4.98 Å². The number of guanidine groups is 1. The first-order valence-electron chi connectivity index (χ1n) is 4.62. The lowest BCUT2D eigenvalue weighted by molar-refractivity contribution is 1.25. The molecule has 4 heteroatoms. The second-order valence-corrected chi connectivity index (χ2v) is 3.35. The average Bonchev–Trinajstić information content (AvgIpc) is 2.22. The molecule has 0 amide bonds. The van der Waals surface area contributed by atoms with Crippen molar-refractivity contribution < 1.29 is 0 Å². The summed E-state index contributed by atoms with van der Waals surface area (Å²) >= 11 is 0. The fourth-order valence-electron chi connectivity index (χ4n) is 1.53. The zero-order valence-electron chi connectivity index (χ0n) is 8.44. The van der Waals surface area contributed by atoms with Crippen molar-refractivity contribution in [2.24, 2.45) is 16.5 Å². The van der Waals surface area contributed by atoms with Gasteiger partial charge in [0, 0.05) is 11.6 Å². The van der Waals surface area contributed by atoms with Crippen LogP contribution in [0.5, 0.6) is 0 Å². The Labute approximate surface area is 87.6 Å². The summed E-state index contributed by atoms with van der Waals surface area (Å²) in [7, 11) is 0. The highest BCUT2D eigenvalue weighted by Gasteiger charge is 2.03. The van der Waals surface area contributed by atoms with Gasteiger partial charge in [-0.2, -0.15) is 4.99 Å². The Bertz CT molecular complexity index is 527. The monoisotopic (exact) mass is 200 g/mol. The molecule has 0 atom stereocenters. The van der Waals surface area contributed by atoms with E-state index < -0.39 is 0 Å². The maximum atomic E-state index is 5.34. The lowest BCUT2D eigenvalue weighted by Gasteiger charge is -2.03. The lowest BCUT2D eigenvalue weighted by atomic mass is 10.1. The van der Waals surface area contributed by atoms with Gasteiger partial charge in [0.15, 0.2) is 11.8 Å². The van der Waals surface area contributed by atoms with Crippen LogP contribution in [0.1, 0.15) is 5.56 Å². The smallest absolute Gasteiger partial charge is 0.192 e. The predicted molar refractivity (Wildman–Crippen MR) is 61.9 cm³/mol. The van der Waals surface area contributed by atoms with E-state index in [0.717, 1.165) is 16.3 Å². The topological polar surface area (TPSA) is 77.3 Å². The number of nitrogens with zero attached hydrogens (tertiary/aromatic N) is 2. The first kappa shape index (κ1) is 9.45. The molecule has 4 N–H and O–H groups in total. The fourth-order valence-corrected chi connectivity index (χ4v) is 1.53. The molecule has 2 rings (SSSR count). The summed E-state index contributed by atoms with van der Waals surface area (Å²) in [6, 6.07) is 7.90. The summed E-state index contributed by atoms with van der Waals surface area (Å²) in [6.45, 7) is 2.01. The number of fused-ring (bicyclic) bond motifs is 1. The average molecular weight is 200 g/mol. The number of rotatable bonds is 1. The summed E-state index contributed by atoms with van der Waals surface area (Å²) in [4.78, 5) is 8.19. The van der Waals surface area contributed by atoms with E-state index in [9.17, 15) is 0 Å². The van der Waals surface area contributed by atoms with Crippen LogP contribution in [0.4, 0.5) is 5.82 Å². The van der Waals surface area contributed by atoms with E-state index in [1.807, 2.05) is 31.2 Å². The van der Waals surface area contributed by atoms with Crippen molar-refractivity contribution in [2.45, 2.75) is 6.92 Å². The number of hydrogen-bond acceptors (Lipinski definition) is 2. The molecule has 0 aliphatic heterocycles. The van der Waals surface area contributed by atoms with Crippen LogP contribution >= 0.6 is 0 Å². The van der Waals surface area contributed by atoms with Crippen LogP contribution in [-0.4, -0.2) is 10.9 Å². The van der Waals surface area contributed by atoms with Crippen molar-refractivity contribution in [2.75, 3.05) is 0 Å². The third-order valence-corrected chi connectivity index (χ3v) is 2.21. The van der Waals surface area contributed by atoms with E-state index >= 15 is 0 Å². The van der Waals surface area contributed by atoms with Crippen molar-refractivity contribution in [3.63, 3.8) is 0 Å². The molecule has 1 aromatic heterocycles. The highest BCUT2D eigenvalue weighted by molar-refractivity contribution is 5.94. The van der Waals surface area contributed by atoms with Gasteiger partial charge < -0.3 is 11.5 Å². The third-order valence-electron chi connectivity index (χ3n) is 2.21. The fraction of sp³-hybridized carbons (Fsp3) is 0.0909. The minimum Gasteiger partial charge on any atom is -0.370 e. The second-order valence-electron chi connectivity index (χ2n) is 3.35. The summed E-state index contributed by atoms with van der Waals surface area (Å²) in [6.07, 6.45) is 1.77. The molecule has 0 radical (unpaired) electrons. The summed E-state index contributed by atoms with van der Waals surface area (Å²) in [5, 5.41) is 2.08. The van der Waals surface area contributed by atoms with Crippen molar-refractivity contribution in [1.29, 1.82) is 0 Å². The minimum atomic E-state index is 0.0245. The molecule has 0 unspecified atom stereocenters. The van der Waals surface area contributed by atoms with Crippen LogP contribution in [-0.2, 0) is 0 Å². The van der Waals surface area contributed by atoms with Gasteiger partial charge >= 0.3 is 0 Å². The molecule has 0 aliphatic carbocycles.